The fourth-order valence-electron chi connectivity index (χ4n) is 1.24. The number of hydrazine groups is 1. The Balaban J connectivity index is 2.78. The number of nitrogens with two attached hydrogens (primary N) is 1. The average Bonchev–Trinajstić information content (AvgIpc) is 2.37. The second-order valence-electron chi connectivity index (χ2n) is 3.33. The number of hydrogen-bond acceptors (Lipinski definition) is 7. The van der Waals surface area contributed by atoms with Gasteiger partial charge in [0.15, 0.2) is 0 Å². The van der Waals surface area contributed by atoms with Gasteiger partial charge in [-0.1, -0.05) is 6.92 Å². The summed E-state index contributed by atoms with van der Waals surface area (Å²) >= 11 is 0. The molecule has 0 fully saturated rings. The molecule has 0 saturated carbocycles. The monoisotopic (exact) mass is 273 g/mol. The molecule has 1 rings (SSSR count). The molecule has 0 radical (unpaired) electrons. The molecular weight excluding hydrogens is 258 g/mol. The van der Waals surface area contributed by atoms with Crippen LogP contribution in [0.2, 0.25) is 0 Å². The molecule has 4 N–H and O–H groups in total. The van der Waals surface area contributed by atoms with E-state index in [-0.39, 0.29) is 11.5 Å². The summed E-state index contributed by atoms with van der Waals surface area (Å²) in [6, 6.07) is 2.72. The summed E-state index contributed by atoms with van der Waals surface area (Å²) in [6.45, 7) is 2.16. The van der Waals surface area contributed by atoms with Crippen molar-refractivity contribution in [1.29, 1.82) is 0 Å². The van der Waals surface area contributed by atoms with Gasteiger partial charge < -0.3 is 10.7 Å². The first-order valence-electron chi connectivity index (χ1n) is 5.29. The molecule has 1 heterocycles. The minimum atomic E-state index is -0.926. The topological polar surface area (TPSA) is 123 Å². The molecule has 0 saturated heterocycles. The van der Waals surface area contributed by atoms with Crippen molar-refractivity contribution in [3.63, 3.8) is 0 Å². The maximum atomic E-state index is 11.2. The Labute approximate surface area is 107 Å². The van der Waals surface area contributed by atoms with Gasteiger partial charge in [-0.15, -0.1) is 0 Å². The van der Waals surface area contributed by atoms with Crippen LogP contribution in [0.4, 0.5) is 17.3 Å². The Hall–Kier alpha value is -1.74. The highest BCUT2D eigenvalue weighted by Gasteiger charge is 2.15. The summed E-state index contributed by atoms with van der Waals surface area (Å²) in [7, 11) is -0.926. The molecule has 0 aliphatic rings. The molecule has 1 aromatic heterocycles. The Morgan fingerprint density at radius 2 is 2.28 bits per heavy atom. The van der Waals surface area contributed by atoms with Crippen LogP contribution < -0.4 is 16.6 Å². The van der Waals surface area contributed by atoms with E-state index in [1.54, 1.807) is 0 Å². The van der Waals surface area contributed by atoms with Crippen molar-refractivity contribution in [2.24, 2.45) is 5.84 Å². The predicted octanol–water partition coefficient (Wildman–Crippen LogP) is 0.456. The van der Waals surface area contributed by atoms with Crippen molar-refractivity contribution in [2.75, 3.05) is 28.8 Å². The lowest BCUT2D eigenvalue weighted by atomic mass is 10.3. The van der Waals surface area contributed by atoms with E-state index in [1.165, 1.54) is 12.1 Å². The third-order valence-corrected chi connectivity index (χ3v) is 3.47. The smallest absolute Gasteiger partial charge is 0.311 e. The molecule has 100 valence electrons. The molecule has 1 atom stereocenters. The van der Waals surface area contributed by atoms with E-state index < -0.39 is 15.7 Å². The molecule has 0 bridgehead atoms. The maximum absolute atomic E-state index is 11.2. The van der Waals surface area contributed by atoms with E-state index in [0.717, 1.165) is 0 Å². The zero-order valence-electron chi connectivity index (χ0n) is 9.88. The highest BCUT2D eigenvalue weighted by molar-refractivity contribution is 7.84. The summed E-state index contributed by atoms with van der Waals surface area (Å²) in [4.78, 5) is 14.2. The summed E-state index contributed by atoms with van der Waals surface area (Å²) < 4.78 is 11.2. The third-order valence-electron chi connectivity index (χ3n) is 2.16. The fourth-order valence-corrected chi connectivity index (χ4v) is 1.86. The van der Waals surface area contributed by atoms with Crippen LogP contribution in [0.3, 0.4) is 0 Å². The number of anilines is 2. The van der Waals surface area contributed by atoms with Gasteiger partial charge in [0.1, 0.15) is 5.82 Å². The van der Waals surface area contributed by atoms with Crippen molar-refractivity contribution < 1.29 is 9.13 Å². The average molecular weight is 273 g/mol. The van der Waals surface area contributed by atoms with Crippen LogP contribution in [-0.4, -0.2) is 32.2 Å². The van der Waals surface area contributed by atoms with Gasteiger partial charge in [0.2, 0.25) is 5.82 Å². The van der Waals surface area contributed by atoms with Crippen LogP contribution in [0.25, 0.3) is 0 Å². The highest BCUT2D eigenvalue weighted by Crippen LogP contribution is 2.23. The van der Waals surface area contributed by atoms with Crippen LogP contribution in [-0.2, 0) is 10.8 Å². The quantitative estimate of drug-likeness (QED) is 0.374. The summed E-state index contributed by atoms with van der Waals surface area (Å²) in [5.74, 6) is 6.59. The Kier molecular flexibility index (Phi) is 5.46. The van der Waals surface area contributed by atoms with Crippen LogP contribution >= 0.6 is 0 Å². The number of nitrogen functional groups attached to an aromatic ring is 1. The minimum Gasteiger partial charge on any atom is -0.363 e. The number of aromatic nitrogens is 1. The van der Waals surface area contributed by atoms with Crippen molar-refractivity contribution in [2.45, 2.75) is 6.92 Å². The Morgan fingerprint density at radius 1 is 1.56 bits per heavy atom. The number of rotatable bonds is 7. The first kappa shape index (κ1) is 14.3. The van der Waals surface area contributed by atoms with E-state index in [9.17, 15) is 14.3 Å². The Bertz CT molecular complexity index is 454. The molecular formula is C9H15N5O3S. The lowest BCUT2D eigenvalue weighted by Gasteiger charge is -2.07. The first-order valence-corrected chi connectivity index (χ1v) is 6.78. The van der Waals surface area contributed by atoms with Gasteiger partial charge in [-0.25, -0.2) is 10.8 Å². The second kappa shape index (κ2) is 6.87. The van der Waals surface area contributed by atoms with E-state index in [2.05, 4.69) is 15.7 Å². The lowest BCUT2D eigenvalue weighted by Crippen LogP contribution is -2.15. The SMILES string of the molecule is CCS(=O)CCNc1nc(NN)ccc1[N+](=O)[O-]. The number of hydrogen-bond donors (Lipinski definition) is 3. The summed E-state index contributed by atoms with van der Waals surface area (Å²) in [6.07, 6.45) is 0. The van der Waals surface area contributed by atoms with Crippen LogP contribution in [0.15, 0.2) is 12.1 Å². The standard InChI is InChI=1S/C9H15N5O3S/c1-2-18(17)6-5-11-9-7(14(15)16)3-4-8(12-9)13-10/h3-4H,2,5-6,10H2,1H3,(H2,11,12,13). The fraction of sp³-hybridized carbons (Fsp3) is 0.444. The van der Waals surface area contributed by atoms with Gasteiger partial charge in [0.25, 0.3) is 0 Å². The number of pyridine rings is 1. The van der Waals surface area contributed by atoms with Gasteiger partial charge in [0.05, 0.1) is 4.92 Å². The zero-order valence-corrected chi connectivity index (χ0v) is 10.7. The van der Waals surface area contributed by atoms with Gasteiger partial charge in [-0.2, -0.15) is 0 Å². The van der Waals surface area contributed by atoms with E-state index in [4.69, 9.17) is 5.84 Å². The number of nitrogens with one attached hydrogen (secondary N) is 2. The molecule has 0 amide bonds. The number of nitrogens with zero attached hydrogens (tertiary/aromatic N) is 2. The molecule has 1 aromatic rings. The van der Waals surface area contributed by atoms with E-state index in [0.29, 0.717) is 23.9 Å². The third kappa shape index (κ3) is 3.93. The molecule has 9 heteroatoms. The molecule has 8 nitrogen and oxygen atoms in total. The second-order valence-corrected chi connectivity index (χ2v) is 5.19. The number of nitro groups is 1. The summed E-state index contributed by atoms with van der Waals surface area (Å²) in [5.41, 5.74) is 2.17. The minimum absolute atomic E-state index is 0.114. The summed E-state index contributed by atoms with van der Waals surface area (Å²) in [5, 5.41) is 13.6. The van der Waals surface area contributed by atoms with Crippen LogP contribution in [0, 0.1) is 10.1 Å². The first-order chi connectivity index (χ1) is 8.58. The van der Waals surface area contributed by atoms with Crippen LogP contribution in [0.1, 0.15) is 6.92 Å². The van der Waals surface area contributed by atoms with Crippen molar-refractivity contribution in [3.05, 3.63) is 22.2 Å². The van der Waals surface area contributed by atoms with Gasteiger partial charge in [0, 0.05) is 34.9 Å². The molecule has 1 unspecified atom stereocenters. The van der Waals surface area contributed by atoms with Gasteiger partial charge >= 0.3 is 5.69 Å². The Morgan fingerprint density at radius 3 is 2.83 bits per heavy atom. The van der Waals surface area contributed by atoms with Crippen molar-refractivity contribution >= 4 is 28.1 Å². The van der Waals surface area contributed by atoms with Crippen molar-refractivity contribution in [1.82, 2.24) is 4.98 Å². The van der Waals surface area contributed by atoms with Gasteiger partial charge in [-0.3, -0.25) is 14.3 Å². The van der Waals surface area contributed by atoms with E-state index in [1.807, 2.05) is 6.92 Å². The lowest BCUT2D eigenvalue weighted by molar-refractivity contribution is -0.384. The molecule has 0 aliphatic heterocycles. The van der Waals surface area contributed by atoms with E-state index >= 15 is 0 Å². The molecule has 0 spiro atoms. The zero-order chi connectivity index (χ0) is 13.5. The largest absolute Gasteiger partial charge is 0.363 e. The highest BCUT2D eigenvalue weighted by atomic mass is 32.2. The van der Waals surface area contributed by atoms with Crippen LogP contribution in [0.5, 0.6) is 0 Å². The predicted molar refractivity (Wildman–Crippen MR) is 70.7 cm³/mol. The molecule has 18 heavy (non-hydrogen) atoms. The molecule has 0 aromatic carbocycles. The van der Waals surface area contributed by atoms with Crippen molar-refractivity contribution in [3.8, 4) is 0 Å². The van der Waals surface area contributed by atoms with Gasteiger partial charge in [-0.05, 0) is 6.07 Å². The normalized spacial score (nSPS) is 11.9. The molecule has 0 aliphatic carbocycles. The maximum Gasteiger partial charge on any atom is 0.311 e.